The first-order chi connectivity index (χ1) is 20.9. The summed E-state index contributed by atoms with van der Waals surface area (Å²) in [4.78, 5) is 20.5. The molecule has 0 spiro atoms. The number of aryl methyl sites for hydroxylation is 1. The van der Waals surface area contributed by atoms with Crippen molar-refractivity contribution >= 4 is 22.5 Å². The SMILES string of the molecule is CCC#CCN(CC)c1nc(OC[C@]23CCCN2C[C@@H](F)C3)nc2c(C(F)F)c(-c3nc(N)cc(C)c3C(F)(F)F)ncc12. The van der Waals surface area contributed by atoms with E-state index in [2.05, 4.69) is 31.8 Å². The second-order valence-electron chi connectivity index (χ2n) is 11.1. The van der Waals surface area contributed by atoms with Crippen molar-refractivity contribution in [3.63, 3.8) is 0 Å². The Hall–Kier alpha value is -3.86. The lowest BCUT2D eigenvalue weighted by Crippen LogP contribution is -2.43. The Kier molecular flexibility index (Phi) is 8.80. The van der Waals surface area contributed by atoms with E-state index in [0.717, 1.165) is 18.7 Å². The van der Waals surface area contributed by atoms with Crippen molar-refractivity contribution in [1.29, 1.82) is 0 Å². The van der Waals surface area contributed by atoms with Crippen LogP contribution in [-0.4, -0.2) is 69.3 Å². The van der Waals surface area contributed by atoms with Gasteiger partial charge in [0.2, 0.25) is 0 Å². The van der Waals surface area contributed by atoms with Crippen LogP contribution in [-0.2, 0) is 6.18 Å². The molecule has 236 valence electrons. The van der Waals surface area contributed by atoms with Crippen LogP contribution in [0.15, 0.2) is 12.3 Å². The summed E-state index contributed by atoms with van der Waals surface area (Å²) in [7, 11) is 0. The predicted octanol–water partition coefficient (Wildman–Crippen LogP) is 6.13. The van der Waals surface area contributed by atoms with Crippen molar-refractivity contribution in [2.45, 2.75) is 70.8 Å². The molecular formula is C30H33F6N7O. The van der Waals surface area contributed by atoms with Crippen LogP contribution >= 0.6 is 0 Å². The van der Waals surface area contributed by atoms with Gasteiger partial charge >= 0.3 is 12.2 Å². The lowest BCUT2D eigenvalue weighted by atomic mass is 9.95. The highest BCUT2D eigenvalue weighted by molar-refractivity contribution is 5.94. The molecule has 2 atom stereocenters. The van der Waals surface area contributed by atoms with Crippen molar-refractivity contribution in [1.82, 2.24) is 24.8 Å². The van der Waals surface area contributed by atoms with E-state index in [1.54, 1.807) is 4.90 Å². The highest BCUT2D eigenvalue weighted by Crippen LogP contribution is 2.44. The van der Waals surface area contributed by atoms with Gasteiger partial charge in [-0.15, -0.1) is 5.92 Å². The van der Waals surface area contributed by atoms with Gasteiger partial charge < -0.3 is 15.4 Å². The first-order valence-electron chi connectivity index (χ1n) is 14.4. The zero-order chi connectivity index (χ0) is 31.8. The largest absolute Gasteiger partial charge is 0.461 e. The second-order valence-corrected chi connectivity index (χ2v) is 11.1. The van der Waals surface area contributed by atoms with Gasteiger partial charge in [0.25, 0.3) is 6.43 Å². The Balaban J connectivity index is 1.72. The summed E-state index contributed by atoms with van der Waals surface area (Å²) in [5.74, 6) is 5.86. The zero-order valence-electron chi connectivity index (χ0n) is 24.6. The van der Waals surface area contributed by atoms with Crippen molar-refractivity contribution in [2.24, 2.45) is 0 Å². The number of nitrogens with zero attached hydrogens (tertiary/aromatic N) is 6. The molecule has 44 heavy (non-hydrogen) atoms. The number of anilines is 2. The normalized spacial score (nSPS) is 20.2. The Bertz CT molecular complexity index is 1600. The third-order valence-corrected chi connectivity index (χ3v) is 8.18. The van der Waals surface area contributed by atoms with E-state index in [-0.39, 0.29) is 60.2 Å². The number of fused-ring (bicyclic) bond motifs is 2. The van der Waals surface area contributed by atoms with E-state index in [1.165, 1.54) is 6.92 Å². The maximum absolute atomic E-state index is 15.0. The molecule has 14 heteroatoms. The van der Waals surface area contributed by atoms with E-state index in [0.29, 0.717) is 25.9 Å². The van der Waals surface area contributed by atoms with E-state index in [1.807, 2.05) is 18.7 Å². The number of ether oxygens (including phenoxy) is 1. The highest BCUT2D eigenvalue weighted by Gasteiger charge is 2.49. The molecule has 0 aromatic carbocycles. The predicted molar refractivity (Wildman–Crippen MR) is 154 cm³/mol. The molecule has 3 aromatic rings. The molecule has 0 saturated carbocycles. The van der Waals surface area contributed by atoms with Crippen molar-refractivity contribution in [3.05, 3.63) is 29.0 Å². The van der Waals surface area contributed by atoms with Crippen LogP contribution in [0, 0.1) is 18.8 Å². The molecule has 2 N–H and O–H groups in total. The van der Waals surface area contributed by atoms with Gasteiger partial charge in [-0.3, -0.25) is 9.88 Å². The van der Waals surface area contributed by atoms with Crippen LogP contribution in [0.5, 0.6) is 6.01 Å². The van der Waals surface area contributed by atoms with Gasteiger partial charge in [-0.2, -0.15) is 23.1 Å². The average Bonchev–Trinajstić information content (AvgIpc) is 3.47. The number of hydrogen-bond acceptors (Lipinski definition) is 8. The number of rotatable bonds is 8. The molecule has 0 amide bonds. The maximum Gasteiger partial charge on any atom is 0.418 e. The van der Waals surface area contributed by atoms with Gasteiger partial charge in [-0.1, -0.05) is 12.8 Å². The number of pyridine rings is 2. The topological polar surface area (TPSA) is 93.3 Å². The smallest absolute Gasteiger partial charge is 0.418 e. The summed E-state index contributed by atoms with van der Waals surface area (Å²) in [6.07, 6.45) is -5.68. The molecule has 8 nitrogen and oxygen atoms in total. The number of nitrogen functional groups attached to an aromatic ring is 1. The number of halogens is 6. The number of aromatic nitrogens is 4. The van der Waals surface area contributed by atoms with Crippen LogP contribution in [0.4, 0.5) is 38.0 Å². The van der Waals surface area contributed by atoms with Crippen molar-refractivity contribution < 1.29 is 31.1 Å². The molecule has 2 aliphatic heterocycles. The number of hydrogen-bond donors (Lipinski definition) is 1. The minimum Gasteiger partial charge on any atom is -0.461 e. The van der Waals surface area contributed by atoms with E-state index in [4.69, 9.17) is 10.5 Å². The van der Waals surface area contributed by atoms with E-state index in [9.17, 15) is 26.3 Å². The molecule has 2 fully saturated rings. The molecule has 5 heterocycles. The summed E-state index contributed by atoms with van der Waals surface area (Å²) in [5.41, 5.74) is 0.970. The van der Waals surface area contributed by atoms with Crippen LogP contribution < -0.4 is 15.4 Å². The lowest BCUT2D eigenvalue weighted by Gasteiger charge is -2.31. The molecule has 0 radical (unpaired) electrons. The summed E-state index contributed by atoms with van der Waals surface area (Å²) in [6, 6.07) is 0.763. The fourth-order valence-corrected chi connectivity index (χ4v) is 6.26. The van der Waals surface area contributed by atoms with Crippen LogP contribution in [0.2, 0.25) is 0 Å². The fourth-order valence-electron chi connectivity index (χ4n) is 6.26. The Morgan fingerprint density at radius 3 is 2.64 bits per heavy atom. The molecule has 3 aromatic heterocycles. The summed E-state index contributed by atoms with van der Waals surface area (Å²) in [5, 5.41) is 0.0797. The van der Waals surface area contributed by atoms with Gasteiger partial charge in [0.15, 0.2) is 0 Å². The Labute approximate surface area is 251 Å². The monoisotopic (exact) mass is 621 g/mol. The van der Waals surface area contributed by atoms with Crippen molar-refractivity contribution in [3.8, 4) is 29.2 Å². The summed E-state index contributed by atoms with van der Waals surface area (Å²) < 4.78 is 92.9. The first kappa shape index (κ1) is 31.6. The maximum atomic E-state index is 15.0. The number of alkyl halides is 6. The van der Waals surface area contributed by atoms with Crippen molar-refractivity contribution in [2.75, 3.05) is 43.4 Å². The lowest BCUT2D eigenvalue weighted by molar-refractivity contribution is -0.137. The molecule has 0 unspecified atom stereocenters. The Morgan fingerprint density at radius 2 is 1.95 bits per heavy atom. The number of nitrogens with two attached hydrogens (primary N) is 1. The minimum atomic E-state index is -4.93. The van der Waals surface area contributed by atoms with Crippen LogP contribution in [0.3, 0.4) is 0 Å². The highest BCUT2D eigenvalue weighted by atomic mass is 19.4. The third kappa shape index (κ3) is 5.94. The van der Waals surface area contributed by atoms with Crippen LogP contribution in [0.25, 0.3) is 22.3 Å². The molecule has 2 aliphatic rings. The van der Waals surface area contributed by atoms with Gasteiger partial charge in [-0.05, 0) is 44.9 Å². The van der Waals surface area contributed by atoms with Crippen LogP contribution in [0.1, 0.15) is 62.6 Å². The van der Waals surface area contributed by atoms with Gasteiger partial charge in [-0.25, -0.2) is 18.2 Å². The van der Waals surface area contributed by atoms with Gasteiger partial charge in [0.1, 0.15) is 35.8 Å². The Morgan fingerprint density at radius 1 is 1.18 bits per heavy atom. The van der Waals surface area contributed by atoms with E-state index >= 15 is 0 Å². The van der Waals surface area contributed by atoms with Gasteiger partial charge in [0, 0.05) is 32.1 Å². The minimum absolute atomic E-state index is 0.0241. The fraction of sp³-hybridized carbons (Fsp3) is 0.533. The second kappa shape index (κ2) is 12.3. The average molecular weight is 622 g/mol. The quantitative estimate of drug-likeness (QED) is 0.237. The summed E-state index contributed by atoms with van der Waals surface area (Å²) >= 11 is 0. The van der Waals surface area contributed by atoms with E-state index < -0.39 is 46.8 Å². The zero-order valence-corrected chi connectivity index (χ0v) is 24.6. The summed E-state index contributed by atoms with van der Waals surface area (Å²) in [6.45, 7) is 6.46. The third-order valence-electron chi connectivity index (χ3n) is 8.18. The van der Waals surface area contributed by atoms with Gasteiger partial charge in [0.05, 0.1) is 34.1 Å². The molecule has 5 rings (SSSR count). The molecule has 2 saturated heterocycles. The molecular weight excluding hydrogens is 588 g/mol. The molecule has 0 bridgehead atoms. The standard InChI is InChI=1S/C30H33F6N7O/c1-4-6-7-10-42(5-2)27-19-14-38-24(25-22(30(34,35)36)17(3)12-20(37)39-25)21(26(32)33)23(19)40-28(41-27)44-16-29-9-8-11-43(29)15-18(31)13-29/h12,14,18,26H,4-5,8-11,13,15-16H2,1-3H3,(H2,37,39)/t18-,29+/m0/s1. The first-order valence-corrected chi connectivity index (χ1v) is 14.4. The molecule has 0 aliphatic carbocycles.